The van der Waals surface area contributed by atoms with Crippen molar-refractivity contribution in [2.75, 3.05) is 33.4 Å². The Hall–Kier alpha value is -2.12. The lowest BCUT2D eigenvalue weighted by molar-refractivity contribution is -0.136. The van der Waals surface area contributed by atoms with Gasteiger partial charge in [0.15, 0.2) is 0 Å². The van der Waals surface area contributed by atoms with Gasteiger partial charge in [0.1, 0.15) is 5.60 Å². The zero-order valence-electron chi connectivity index (χ0n) is 13.1. The molecule has 1 atom stereocenters. The summed E-state index contributed by atoms with van der Waals surface area (Å²) in [4.78, 5) is 22.3. The van der Waals surface area contributed by atoms with Crippen LogP contribution in [-0.4, -0.2) is 50.5 Å². The van der Waals surface area contributed by atoms with Gasteiger partial charge in [0.25, 0.3) is 0 Å². The summed E-state index contributed by atoms with van der Waals surface area (Å²) in [6.45, 7) is 1.20. The molecule has 0 aliphatic carbocycles. The topological polar surface area (TPSA) is 96.9 Å². The third-order valence-electron chi connectivity index (χ3n) is 3.79. The molecular weight excluding hydrogens is 300 g/mol. The third kappa shape index (κ3) is 4.43. The molecule has 0 fully saturated rings. The molecule has 3 N–H and O–H groups in total. The number of hydrogen-bond donors (Lipinski definition) is 3. The second-order valence-corrected chi connectivity index (χ2v) is 5.44. The fourth-order valence-corrected chi connectivity index (χ4v) is 2.74. The van der Waals surface area contributed by atoms with Gasteiger partial charge >= 0.3 is 12.0 Å². The van der Waals surface area contributed by atoms with E-state index < -0.39 is 17.6 Å². The number of carboxylic acids is 1. The first-order valence-corrected chi connectivity index (χ1v) is 7.52. The second-order valence-electron chi connectivity index (χ2n) is 5.44. The van der Waals surface area contributed by atoms with Crippen LogP contribution in [-0.2, 0) is 26.3 Å². The predicted octanol–water partition coefficient (Wildman–Crippen LogP) is 0.875. The molecule has 0 bridgehead atoms. The number of ether oxygens (including phenoxy) is 2. The van der Waals surface area contributed by atoms with Gasteiger partial charge in [0.2, 0.25) is 0 Å². The molecule has 2 rings (SSSR count). The van der Waals surface area contributed by atoms with E-state index in [0.29, 0.717) is 13.2 Å². The van der Waals surface area contributed by atoms with E-state index in [1.165, 1.54) is 5.56 Å². The van der Waals surface area contributed by atoms with Crippen molar-refractivity contribution in [3.63, 3.8) is 0 Å². The molecule has 1 unspecified atom stereocenters. The number of benzene rings is 1. The number of hydrogen-bond acceptors (Lipinski definition) is 4. The highest BCUT2D eigenvalue weighted by atomic mass is 16.5. The summed E-state index contributed by atoms with van der Waals surface area (Å²) in [6, 6.07) is 7.53. The smallest absolute Gasteiger partial charge is 0.314 e. The number of nitrogens with one attached hydrogen (secondary N) is 2. The highest BCUT2D eigenvalue weighted by Crippen LogP contribution is 2.33. The lowest BCUT2D eigenvalue weighted by atomic mass is 9.86. The molecule has 1 heterocycles. The molecule has 7 heteroatoms. The number of amides is 2. The van der Waals surface area contributed by atoms with Crippen molar-refractivity contribution in [2.24, 2.45) is 0 Å². The van der Waals surface area contributed by atoms with Crippen LogP contribution in [0.2, 0.25) is 0 Å². The summed E-state index contributed by atoms with van der Waals surface area (Å²) in [6.07, 6.45) is 0.711. The molecule has 1 aliphatic rings. The van der Waals surface area contributed by atoms with Crippen molar-refractivity contribution >= 4 is 12.0 Å². The molecule has 0 aromatic heterocycles. The van der Waals surface area contributed by atoms with Crippen LogP contribution in [0, 0.1) is 0 Å². The molecule has 0 saturated carbocycles. The maximum absolute atomic E-state index is 11.8. The van der Waals surface area contributed by atoms with Crippen LogP contribution in [0.15, 0.2) is 24.3 Å². The maximum atomic E-state index is 11.8. The van der Waals surface area contributed by atoms with Crippen LogP contribution < -0.4 is 10.6 Å². The minimum absolute atomic E-state index is 0.0793. The number of rotatable bonds is 7. The zero-order chi connectivity index (χ0) is 16.7. The van der Waals surface area contributed by atoms with Crippen LogP contribution in [0.25, 0.3) is 0 Å². The Kier molecular flexibility index (Phi) is 5.95. The Morgan fingerprint density at radius 1 is 1.35 bits per heavy atom. The molecule has 23 heavy (non-hydrogen) atoms. The molecule has 0 saturated heterocycles. The fraction of sp³-hybridized carbons (Fsp3) is 0.500. The Balaban J connectivity index is 2.02. The number of aliphatic carboxylic acids is 1. The van der Waals surface area contributed by atoms with Gasteiger partial charge in [-0.3, -0.25) is 4.79 Å². The summed E-state index contributed by atoms with van der Waals surface area (Å²) in [5.74, 6) is -0.953. The van der Waals surface area contributed by atoms with Crippen molar-refractivity contribution in [1.29, 1.82) is 0 Å². The van der Waals surface area contributed by atoms with E-state index in [1.54, 1.807) is 7.11 Å². The van der Waals surface area contributed by atoms with E-state index in [-0.39, 0.29) is 19.5 Å². The van der Waals surface area contributed by atoms with E-state index in [9.17, 15) is 9.59 Å². The van der Waals surface area contributed by atoms with Crippen LogP contribution in [0.3, 0.4) is 0 Å². The van der Waals surface area contributed by atoms with Crippen LogP contribution >= 0.6 is 0 Å². The molecule has 1 aromatic carbocycles. The number of carbonyl (C=O) groups excluding carboxylic acids is 1. The minimum atomic E-state index is -0.953. The summed E-state index contributed by atoms with van der Waals surface area (Å²) >= 11 is 0. The van der Waals surface area contributed by atoms with Gasteiger partial charge in [0.05, 0.1) is 26.2 Å². The van der Waals surface area contributed by atoms with Gasteiger partial charge < -0.3 is 25.2 Å². The fourth-order valence-electron chi connectivity index (χ4n) is 2.74. The zero-order valence-corrected chi connectivity index (χ0v) is 13.1. The summed E-state index contributed by atoms with van der Waals surface area (Å²) in [5, 5.41) is 13.8. The molecular formula is C16H22N2O5. The van der Waals surface area contributed by atoms with Crippen molar-refractivity contribution in [3.8, 4) is 0 Å². The monoisotopic (exact) mass is 322 g/mol. The summed E-state index contributed by atoms with van der Waals surface area (Å²) in [7, 11) is 1.59. The van der Waals surface area contributed by atoms with Crippen LogP contribution in [0.5, 0.6) is 0 Å². The van der Waals surface area contributed by atoms with Crippen molar-refractivity contribution < 1.29 is 24.2 Å². The lowest BCUT2D eigenvalue weighted by Crippen LogP contribution is -2.50. The van der Waals surface area contributed by atoms with Gasteiger partial charge in [-0.15, -0.1) is 0 Å². The Bertz CT molecular complexity index is 563. The van der Waals surface area contributed by atoms with Gasteiger partial charge in [-0.1, -0.05) is 24.3 Å². The molecule has 2 amide bonds. The minimum Gasteiger partial charge on any atom is -0.481 e. The lowest BCUT2D eigenvalue weighted by Gasteiger charge is -2.38. The number of carboxylic acid groups (broad SMARTS) is 1. The van der Waals surface area contributed by atoms with Gasteiger partial charge in [-0.2, -0.15) is 0 Å². The van der Waals surface area contributed by atoms with Crippen LogP contribution in [0.4, 0.5) is 4.79 Å². The molecule has 1 aliphatic heterocycles. The Morgan fingerprint density at radius 3 is 2.87 bits per heavy atom. The molecule has 7 nitrogen and oxygen atoms in total. The third-order valence-corrected chi connectivity index (χ3v) is 3.79. The molecule has 126 valence electrons. The largest absolute Gasteiger partial charge is 0.481 e. The number of urea groups is 1. The van der Waals surface area contributed by atoms with Gasteiger partial charge in [-0.05, 0) is 17.5 Å². The predicted molar refractivity (Wildman–Crippen MR) is 83.3 cm³/mol. The average molecular weight is 322 g/mol. The van der Waals surface area contributed by atoms with Crippen molar-refractivity contribution in [3.05, 3.63) is 35.4 Å². The number of methoxy groups -OCH3 is 1. The normalized spacial score (nSPS) is 19.7. The summed E-state index contributed by atoms with van der Waals surface area (Å²) in [5.41, 5.74) is 1.47. The van der Waals surface area contributed by atoms with Crippen molar-refractivity contribution in [2.45, 2.75) is 18.4 Å². The van der Waals surface area contributed by atoms with Crippen molar-refractivity contribution in [1.82, 2.24) is 10.6 Å². The SMILES string of the molecule is COCC1(CNC(=O)NCCC(=O)O)OCCc2ccccc21. The first-order chi connectivity index (χ1) is 11.1. The van der Waals surface area contributed by atoms with E-state index >= 15 is 0 Å². The maximum Gasteiger partial charge on any atom is 0.314 e. The Morgan fingerprint density at radius 2 is 2.13 bits per heavy atom. The van der Waals surface area contributed by atoms with Gasteiger partial charge in [0, 0.05) is 13.7 Å². The number of fused-ring (bicyclic) bond motifs is 1. The first kappa shape index (κ1) is 17.2. The second kappa shape index (κ2) is 7.94. The molecule has 0 spiro atoms. The first-order valence-electron chi connectivity index (χ1n) is 7.52. The number of carbonyl (C=O) groups is 2. The molecule has 0 radical (unpaired) electrons. The van der Waals surface area contributed by atoms with Gasteiger partial charge in [-0.25, -0.2) is 4.79 Å². The molecule has 1 aromatic rings. The standard InChI is InChI=1S/C16H22N2O5/c1-22-11-16(10-18-15(21)17-8-6-14(19)20)13-5-3-2-4-12(13)7-9-23-16/h2-5H,6-11H2,1H3,(H,19,20)(H2,17,18,21). The highest BCUT2D eigenvalue weighted by molar-refractivity contribution is 5.75. The van der Waals surface area contributed by atoms with E-state index in [0.717, 1.165) is 12.0 Å². The quantitative estimate of drug-likeness (QED) is 0.692. The van der Waals surface area contributed by atoms with E-state index in [1.807, 2.05) is 18.2 Å². The summed E-state index contributed by atoms with van der Waals surface area (Å²) < 4.78 is 11.3. The average Bonchev–Trinajstić information content (AvgIpc) is 2.53. The highest BCUT2D eigenvalue weighted by Gasteiger charge is 2.38. The van der Waals surface area contributed by atoms with E-state index in [2.05, 4.69) is 16.7 Å². The van der Waals surface area contributed by atoms with Crippen LogP contribution in [0.1, 0.15) is 17.5 Å². The Labute approximate surface area is 135 Å². The van der Waals surface area contributed by atoms with E-state index in [4.69, 9.17) is 14.6 Å².